The molecule has 4 heteroatoms. The molecule has 1 aromatic carbocycles. The van der Waals surface area contributed by atoms with Gasteiger partial charge in [-0.2, -0.15) is 0 Å². The van der Waals surface area contributed by atoms with Crippen LogP contribution in [-0.2, 0) is 6.42 Å². The van der Waals surface area contributed by atoms with Gasteiger partial charge in [0.2, 0.25) is 0 Å². The first kappa shape index (κ1) is 22.0. The highest BCUT2D eigenvalue weighted by Crippen LogP contribution is 2.18. The molecule has 0 aliphatic carbocycles. The van der Waals surface area contributed by atoms with Gasteiger partial charge in [0.25, 0.3) is 0 Å². The summed E-state index contributed by atoms with van der Waals surface area (Å²) in [4.78, 5) is 7.19. The van der Waals surface area contributed by atoms with Crippen molar-refractivity contribution >= 4 is 18.2 Å². The van der Waals surface area contributed by atoms with Gasteiger partial charge in [0, 0.05) is 12.5 Å². The summed E-state index contributed by atoms with van der Waals surface area (Å²) in [5.74, 6) is 1.66. The van der Waals surface area contributed by atoms with E-state index in [1.54, 1.807) is 0 Å². The number of halogens is 1. The number of amidine groups is 1. The summed E-state index contributed by atoms with van der Waals surface area (Å²) in [5.41, 5.74) is 8.89. The second-order valence-corrected chi connectivity index (χ2v) is 7.62. The maximum absolute atomic E-state index is 6.22. The van der Waals surface area contributed by atoms with Crippen molar-refractivity contribution in [2.45, 2.75) is 58.8 Å². The van der Waals surface area contributed by atoms with Crippen molar-refractivity contribution in [3.05, 3.63) is 35.4 Å². The van der Waals surface area contributed by atoms with E-state index in [0.717, 1.165) is 31.8 Å². The van der Waals surface area contributed by atoms with Crippen LogP contribution in [0.3, 0.4) is 0 Å². The summed E-state index contributed by atoms with van der Waals surface area (Å²) in [6, 6.07) is 8.88. The molecular formula is C21H36ClN3. The van der Waals surface area contributed by atoms with Crippen molar-refractivity contribution in [2.24, 2.45) is 16.6 Å². The molecule has 1 saturated heterocycles. The van der Waals surface area contributed by atoms with E-state index in [2.05, 4.69) is 54.9 Å². The van der Waals surface area contributed by atoms with E-state index in [1.807, 2.05) is 0 Å². The van der Waals surface area contributed by atoms with Crippen molar-refractivity contribution in [2.75, 3.05) is 26.2 Å². The van der Waals surface area contributed by atoms with Gasteiger partial charge in [-0.05, 0) is 62.4 Å². The van der Waals surface area contributed by atoms with Gasteiger partial charge in [0.05, 0.1) is 0 Å². The molecule has 0 bridgehead atoms. The van der Waals surface area contributed by atoms with Crippen molar-refractivity contribution in [3.8, 4) is 0 Å². The van der Waals surface area contributed by atoms with Gasteiger partial charge in [-0.1, -0.05) is 51.5 Å². The highest BCUT2D eigenvalue weighted by molar-refractivity contribution is 5.87. The van der Waals surface area contributed by atoms with Crippen LogP contribution in [-0.4, -0.2) is 36.9 Å². The molecule has 0 saturated carbocycles. The minimum Gasteiger partial charge on any atom is -0.387 e. The Bertz CT molecular complexity index is 504. The molecule has 3 nitrogen and oxygen atoms in total. The number of rotatable bonds is 8. The first-order valence-electron chi connectivity index (χ1n) is 9.67. The van der Waals surface area contributed by atoms with Crippen molar-refractivity contribution in [1.29, 1.82) is 0 Å². The second kappa shape index (κ2) is 11.5. The molecule has 142 valence electrons. The van der Waals surface area contributed by atoms with Crippen LogP contribution in [0.4, 0.5) is 0 Å². The summed E-state index contributed by atoms with van der Waals surface area (Å²) < 4.78 is 0. The third-order valence-corrected chi connectivity index (χ3v) is 4.94. The third-order valence-electron chi connectivity index (χ3n) is 4.94. The zero-order chi connectivity index (χ0) is 17.4. The first-order chi connectivity index (χ1) is 11.6. The maximum atomic E-state index is 6.22. The quantitative estimate of drug-likeness (QED) is 0.414. The fraction of sp³-hybridized carbons (Fsp3) is 0.667. The van der Waals surface area contributed by atoms with Crippen LogP contribution in [0.5, 0.6) is 0 Å². The average Bonchev–Trinajstić information content (AvgIpc) is 2.59. The average molecular weight is 366 g/mol. The summed E-state index contributed by atoms with van der Waals surface area (Å²) in [6.45, 7) is 11.2. The van der Waals surface area contributed by atoms with E-state index in [1.165, 1.54) is 43.5 Å². The number of piperidine rings is 1. The Kier molecular flexibility index (Phi) is 10.1. The van der Waals surface area contributed by atoms with Crippen molar-refractivity contribution in [1.82, 2.24) is 4.90 Å². The molecule has 1 atom stereocenters. The monoisotopic (exact) mass is 365 g/mol. The number of hydrogen-bond donors (Lipinski definition) is 1. The van der Waals surface area contributed by atoms with Crippen LogP contribution >= 0.6 is 12.4 Å². The van der Waals surface area contributed by atoms with Crippen molar-refractivity contribution in [3.63, 3.8) is 0 Å². The summed E-state index contributed by atoms with van der Waals surface area (Å²) in [5, 5.41) is 0. The summed E-state index contributed by atoms with van der Waals surface area (Å²) in [6.07, 6.45) is 6.36. The Morgan fingerprint density at radius 1 is 1.08 bits per heavy atom. The number of hydrogen-bond acceptors (Lipinski definition) is 2. The van der Waals surface area contributed by atoms with Gasteiger partial charge >= 0.3 is 0 Å². The van der Waals surface area contributed by atoms with E-state index in [4.69, 9.17) is 5.73 Å². The molecule has 0 amide bonds. The van der Waals surface area contributed by atoms with Crippen LogP contribution in [0.2, 0.25) is 0 Å². The Hall–Kier alpha value is -1.06. The minimum absolute atomic E-state index is 0. The lowest BCUT2D eigenvalue weighted by atomic mass is 9.96. The van der Waals surface area contributed by atoms with E-state index < -0.39 is 0 Å². The van der Waals surface area contributed by atoms with Crippen LogP contribution in [0.25, 0.3) is 0 Å². The van der Waals surface area contributed by atoms with Gasteiger partial charge in [0.15, 0.2) is 0 Å². The molecule has 0 spiro atoms. The topological polar surface area (TPSA) is 41.6 Å². The molecule has 1 aliphatic heterocycles. The first-order valence-corrected chi connectivity index (χ1v) is 9.67. The predicted octanol–water partition coefficient (Wildman–Crippen LogP) is 4.64. The molecule has 1 aromatic rings. The van der Waals surface area contributed by atoms with Gasteiger partial charge in [-0.15, -0.1) is 12.4 Å². The summed E-state index contributed by atoms with van der Waals surface area (Å²) in [7, 11) is 0. The van der Waals surface area contributed by atoms with Gasteiger partial charge in [-0.3, -0.25) is 4.99 Å². The normalized spacial score (nSPS) is 17.4. The van der Waals surface area contributed by atoms with Crippen LogP contribution in [0.1, 0.15) is 63.5 Å². The molecule has 2 rings (SSSR count). The number of benzene rings is 1. The van der Waals surface area contributed by atoms with E-state index in [9.17, 15) is 0 Å². The van der Waals surface area contributed by atoms with Crippen LogP contribution in [0, 0.1) is 5.92 Å². The standard InChI is InChI=1S/C21H35N3.ClH/c1-17(2)16-19-8-10-20(11-9-19)18(3)21(22)23-12-7-15-24-13-5-4-6-14-24;/h8-11,17-18H,4-7,12-16H2,1-3H3,(H2,22,23);1H. The Balaban J connectivity index is 0.00000312. The minimum atomic E-state index is 0. The number of nitrogens with two attached hydrogens (primary N) is 1. The molecule has 1 aliphatic rings. The number of likely N-dealkylation sites (tertiary alicyclic amines) is 1. The van der Waals surface area contributed by atoms with Crippen molar-refractivity contribution < 1.29 is 0 Å². The van der Waals surface area contributed by atoms with E-state index >= 15 is 0 Å². The lowest BCUT2D eigenvalue weighted by Gasteiger charge is -2.26. The Labute approximate surface area is 160 Å². The molecule has 0 radical (unpaired) electrons. The third kappa shape index (κ3) is 7.79. The van der Waals surface area contributed by atoms with Crippen LogP contribution < -0.4 is 5.73 Å². The maximum Gasteiger partial charge on any atom is 0.101 e. The van der Waals surface area contributed by atoms with Gasteiger partial charge in [0.1, 0.15) is 5.84 Å². The smallest absolute Gasteiger partial charge is 0.101 e. The van der Waals surface area contributed by atoms with Crippen LogP contribution in [0.15, 0.2) is 29.3 Å². The summed E-state index contributed by atoms with van der Waals surface area (Å²) >= 11 is 0. The Morgan fingerprint density at radius 3 is 2.32 bits per heavy atom. The molecule has 1 fully saturated rings. The van der Waals surface area contributed by atoms with Gasteiger partial charge < -0.3 is 10.6 Å². The SMILES string of the molecule is CC(C)Cc1ccc(C(C)C(N)=NCCCN2CCCCC2)cc1.Cl. The zero-order valence-corrected chi connectivity index (χ0v) is 17.0. The molecule has 25 heavy (non-hydrogen) atoms. The largest absolute Gasteiger partial charge is 0.387 e. The van der Waals surface area contributed by atoms with E-state index in [-0.39, 0.29) is 18.3 Å². The number of aliphatic imine (C=N–C) groups is 1. The molecular weight excluding hydrogens is 330 g/mol. The lowest BCUT2D eigenvalue weighted by molar-refractivity contribution is 0.228. The second-order valence-electron chi connectivity index (χ2n) is 7.62. The zero-order valence-electron chi connectivity index (χ0n) is 16.2. The number of nitrogens with zero attached hydrogens (tertiary/aromatic N) is 2. The Morgan fingerprint density at radius 2 is 1.72 bits per heavy atom. The molecule has 1 unspecified atom stereocenters. The molecule has 1 heterocycles. The van der Waals surface area contributed by atoms with E-state index in [0.29, 0.717) is 5.92 Å². The highest BCUT2D eigenvalue weighted by Gasteiger charge is 2.11. The predicted molar refractivity (Wildman–Crippen MR) is 112 cm³/mol. The fourth-order valence-electron chi connectivity index (χ4n) is 3.41. The lowest BCUT2D eigenvalue weighted by Crippen LogP contribution is -2.31. The molecule has 2 N–H and O–H groups in total. The van der Waals surface area contributed by atoms with Gasteiger partial charge in [-0.25, -0.2) is 0 Å². The molecule has 0 aromatic heterocycles. The highest BCUT2D eigenvalue weighted by atomic mass is 35.5. The fourth-order valence-corrected chi connectivity index (χ4v) is 3.41.